The van der Waals surface area contributed by atoms with Crippen molar-refractivity contribution in [2.75, 3.05) is 44.6 Å². The summed E-state index contributed by atoms with van der Waals surface area (Å²) in [5, 5.41) is 7.27. The Morgan fingerprint density at radius 1 is 1.19 bits per heavy atom. The van der Waals surface area contributed by atoms with Crippen LogP contribution < -0.4 is 5.32 Å². The molecular formula is C20H27N5O2. The van der Waals surface area contributed by atoms with Gasteiger partial charge in [-0.25, -0.2) is 9.48 Å². The molecule has 1 aromatic heterocycles. The second-order valence-electron chi connectivity index (χ2n) is 7.23. The van der Waals surface area contributed by atoms with Crippen LogP contribution in [0.5, 0.6) is 0 Å². The number of carbonyl (C=O) groups is 1. The Morgan fingerprint density at radius 2 is 2.07 bits per heavy atom. The lowest BCUT2D eigenvalue weighted by atomic mass is 10.2. The van der Waals surface area contributed by atoms with Gasteiger partial charge in [0.05, 0.1) is 11.8 Å². The Labute approximate surface area is 159 Å². The van der Waals surface area contributed by atoms with Crippen molar-refractivity contribution >= 4 is 11.7 Å². The molecule has 1 N–H and O–H groups in total. The number of ether oxygens (including phenoxy) is 1. The molecule has 2 aliphatic heterocycles. The zero-order chi connectivity index (χ0) is 18.5. The van der Waals surface area contributed by atoms with Crippen molar-refractivity contribution < 1.29 is 9.53 Å². The number of likely N-dealkylation sites (tertiary alicyclic amines) is 1. The number of hydrogen-bond donors (Lipinski definition) is 1. The van der Waals surface area contributed by atoms with Gasteiger partial charge in [-0.15, -0.1) is 0 Å². The molecule has 3 heterocycles. The van der Waals surface area contributed by atoms with E-state index in [1.165, 1.54) is 12.8 Å². The maximum Gasteiger partial charge on any atom is 0.321 e. The van der Waals surface area contributed by atoms with Crippen LogP contribution in [0.15, 0.2) is 42.7 Å². The van der Waals surface area contributed by atoms with Gasteiger partial charge in [0.2, 0.25) is 0 Å². The zero-order valence-corrected chi connectivity index (χ0v) is 15.6. The van der Waals surface area contributed by atoms with Gasteiger partial charge in [0.1, 0.15) is 0 Å². The molecule has 4 rings (SSSR count). The molecule has 27 heavy (non-hydrogen) atoms. The molecule has 2 aliphatic rings. The van der Waals surface area contributed by atoms with Crippen LogP contribution in [0.3, 0.4) is 0 Å². The highest BCUT2D eigenvalue weighted by atomic mass is 16.5. The quantitative estimate of drug-likeness (QED) is 0.900. The second-order valence-corrected chi connectivity index (χ2v) is 7.23. The predicted molar refractivity (Wildman–Crippen MR) is 104 cm³/mol. The van der Waals surface area contributed by atoms with Crippen LogP contribution in [0.4, 0.5) is 10.5 Å². The SMILES string of the molecule is O=C(Nc1cccc(-n2cccn2)c1)N1CCCO[C@H](CN2CCCC2)C1. The van der Waals surface area contributed by atoms with Crippen LogP contribution in [0.1, 0.15) is 19.3 Å². The summed E-state index contributed by atoms with van der Waals surface area (Å²) < 4.78 is 7.77. The number of nitrogens with zero attached hydrogens (tertiary/aromatic N) is 4. The lowest BCUT2D eigenvalue weighted by Crippen LogP contribution is -2.43. The van der Waals surface area contributed by atoms with E-state index < -0.39 is 0 Å². The van der Waals surface area contributed by atoms with Gasteiger partial charge in [-0.1, -0.05) is 6.07 Å². The number of anilines is 1. The van der Waals surface area contributed by atoms with Crippen molar-refractivity contribution in [3.8, 4) is 5.69 Å². The van der Waals surface area contributed by atoms with Crippen LogP contribution >= 0.6 is 0 Å². The summed E-state index contributed by atoms with van der Waals surface area (Å²) in [5.74, 6) is 0. The van der Waals surface area contributed by atoms with Crippen molar-refractivity contribution in [1.29, 1.82) is 0 Å². The number of amides is 2. The second kappa shape index (κ2) is 8.54. The van der Waals surface area contributed by atoms with Crippen molar-refractivity contribution in [1.82, 2.24) is 19.6 Å². The first-order valence-electron chi connectivity index (χ1n) is 9.78. The maximum absolute atomic E-state index is 12.8. The predicted octanol–water partition coefficient (Wildman–Crippen LogP) is 2.59. The molecule has 2 saturated heterocycles. The van der Waals surface area contributed by atoms with E-state index in [2.05, 4.69) is 15.3 Å². The van der Waals surface area contributed by atoms with E-state index in [4.69, 9.17) is 4.74 Å². The summed E-state index contributed by atoms with van der Waals surface area (Å²) in [6.07, 6.45) is 7.12. The fraction of sp³-hybridized carbons (Fsp3) is 0.500. The number of carbonyl (C=O) groups excluding carboxylic acids is 1. The first-order valence-corrected chi connectivity index (χ1v) is 9.78. The normalized spacial score (nSPS) is 21.2. The average molecular weight is 369 g/mol. The number of hydrogen-bond acceptors (Lipinski definition) is 4. The molecule has 7 nitrogen and oxygen atoms in total. The molecule has 0 saturated carbocycles. The molecule has 0 radical (unpaired) electrons. The number of urea groups is 1. The number of rotatable bonds is 4. The van der Waals surface area contributed by atoms with Gasteiger partial charge >= 0.3 is 6.03 Å². The van der Waals surface area contributed by atoms with E-state index in [1.54, 1.807) is 10.9 Å². The highest BCUT2D eigenvalue weighted by Crippen LogP contribution is 2.16. The lowest BCUT2D eigenvalue weighted by molar-refractivity contribution is 0.0355. The molecule has 2 amide bonds. The van der Waals surface area contributed by atoms with E-state index >= 15 is 0 Å². The average Bonchev–Trinajstić information content (AvgIpc) is 3.34. The molecule has 2 aromatic rings. The Balaban J connectivity index is 1.38. The smallest absolute Gasteiger partial charge is 0.321 e. The highest BCUT2D eigenvalue weighted by Gasteiger charge is 2.25. The van der Waals surface area contributed by atoms with Gasteiger partial charge in [0.25, 0.3) is 0 Å². The molecule has 1 aromatic carbocycles. The molecule has 0 bridgehead atoms. The van der Waals surface area contributed by atoms with Gasteiger partial charge in [-0.3, -0.25) is 0 Å². The first-order chi connectivity index (χ1) is 13.3. The number of nitrogens with one attached hydrogen (secondary N) is 1. The largest absolute Gasteiger partial charge is 0.375 e. The summed E-state index contributed by atoms with van der Waals surface area (Å²) >= 11 is 0. The van der Waals surface area contributed by atoms with E-state index in [0.29, 0.717) is 6.54 Å². The van der Waals surface area contributed by atoms with Gasteiger partial charge < -0.3 is 19.9 Å². The zero-order valence-electron chi connectivity index (χ0n) is 15.6. The van der Waals surface area contributed by atoms with Crippen LogP contribution in [-0.4, -0.2) is 71.0 Å². The van der Waals surface area contributed by atoms with E-state index in [9.17, 15) is 4.79 Å². The van der Waals surface area contributed by atoms with E-state index in [1.807, 2.05) is 41.4 Å². The third-order valence-electron chi connectivity index (χ3n) is 5.16. The van der Waals surface area contributed by atoms with Gasteiger partial charge in [0, 0.05) is 44.3 Å². The Bertz CT molecular complexity index is 743. The number of aromatic nitrogens is 2. The molecule has 2 fully saturated rings. The Hall–Kier alpha value is -2.38. The third kappa shape index (κ3) is 4.67. The van der Waals surface area contributed by atoms with Crippen molar-refractivity contribution in [2.24, 2.45) is 0 Å². The molecule has 0 unspecified atom stereocenters. The maximum atomic E-state index is 12.8. The van der Waals surface area contributed by atoms with Crippen LogP contribution in [0.2, 0.25) is 0 Å². The first kappa shape index (κ1) is 18.0. The van der Waals surface area contributed by atoms with Crippen molar-refractivity contribution in [3.05, 3.63) is 42.7 Å². The van der Waals surface area contributed by atoms with Crippen LogP contribution in [-0.2, 0) is 4.74 Å². The molecule has 144 valence electrons. The van der Waals surface area contributed by atoms with Crippen molar-refractivity contribution in [2.45, 2.75) is 25.4 Å². The Kier molecular flexibility index (Phi) is 5.69. The summed E-state index contributed by atoms with van der Waals surface area (Å²) in [6.45, 7) is 5.29. The molecule has 0 spiro atoms. The van der Waals surface area contributed by atoms with E-state index in [0.717, 1.165) is 50.6 Å². The fourth-order valence-electron chi connectivity index (χ4n) is 3.79. The van der Waals surface area contributed by atoms with Crippen molar-refractivity contribution in [3.63, 3.8) is 0 Å². The minimum atomic E-state index is -0.0652. The standard InChI is InChI=1S/C20H27N5O2/c26-20(22-17-6-3-7-18(14-17)25-12-4-8-21-25)24-11-5-13-27-19(16-24)15-23-9-1-2-10-23/h3-4,6-8,12,14,19H,1-2,5,9-11,13,15-16H2,(H,22,26)/t19-/m1/s1. The summed E-state index contributed by atoms with van der Waals surface area (Å²) in [7, 11) is 0. The molecular weight excluding hydrogens is 342 g/mol. The third-order valence-corrected chi connectivity index (χ3v) is 5.16. The minimum absolute atomic E-state index is 0.0652. The monoisotopic (exact) mass is 369 g/mol. The lowest BCUT2D eigenvalue weighted by Gasteiger charge is -2.27. The summed E-state index contributed by atoms with van der Waals surface area (Å²) in [4.78, 5) is 17.2. The fourth-order valence-corrected chi connectivity index (χ4v) is 3.79. The minimum Gasteiger partial charge on any atom is -0.375 e. The molecule has 7 heteroatoms. The molecule has 1 atom stereocenters. The van der Waals surface area contributed by atoms with Gasteiger partial charge in [-0.05, 0) is 56.6 Å². The van der Waals surface area contributed by atoms with Crippen LogP contribution in [0, 0.1) is 0 Å². The molecule has 0 aliphatic carbocycles. The topological polar surface area (TPSA) is 62.6 Å². The van der Waals surface area contributed by atoms with Crippen LogP contribution in [0.25, 0.3) is 5.69 Å². The Morgan fingerprint density at radius 3 is 2.89 bits per heavy atom. The van der Waals surface area contributed by atoms with Gasteiger partial charge in [0.15, 0.2) is 0 Å². The van der Waals surface area contributed by atoms with E-state index in [-0.39, 0.29) is 12.1 Å². The van der Waals surface area contributed by atoms with Gasteiger partial charge in [-0.2, -0.15) is 5.10 Å². The summed E-state index contributed by atoms with van der Waals surface area (Å²) in [6, 6.07) is 9.54. The summed E-state index contributed by atoms with van der Waals surface area (Å²) in [5.41, 5.74) is 1.69. The number of benzene rings is 1. The highest BCUT2D eigenvalue weighted by molar-refractivity contribution is 5.89.